The summed E-state index contributed by atoms with van der Waals surface area (Å²) in [6.45, 7) is 3.92. The summed E-state index contributed by atoms with van der Waals surface area (Å²) in [6, 6.07) is 9.88. The Labute approximate surface area is 98.7 Å². The van der Waals surface area contributed by atoms with Gasteiger partial charge in [-0.1, -0.05) is 55.1 Å². The average molecular weight is 230 g/mol. The second-order valence-corrected chi connectivity index (χ2v) is 5.20. The van der Waals surface area contributed by atoms with Crippen molar-refractivity contribution in [2.24, 2.45) is 0 Å². The molecule has 2 heteroatoms. The molecule has 0 amide bonds. The summed E-state index contributed by atoms with van der Waals surface area (Å²) in [5, 5.41) is 0. The summed E-state index contributed by atoms with van der Waals surface area (Å²) in [6.07, 6.45) is 6.89. The first-order chi connectivity index (χ1) is 7.77. The Kier molecular flexibility index (Phi) is 3.52. The highest BCUT2D eigenvalue weighted by atomic mass is 32.2. The third-order valence-electron chi connectivity index (χ3n) is 2.54. The van der Waals surface area contributed by atoms with Crippen LogP contribution in [0.4, 0.5) is 0 Å². The Balaban J connectivity index is 2.01. The molecule has 2 rings (SSSR count). The van der Waals surface area contributed by atoms with Crippen LogP contribution in [-0.4, -0.2) is 4.21 Å². The van der Waals surface area contributed by atoms with Crippen molar-refractivity contribution in [1.29, 1.82) is 0 Å². The Bertz CT molecular complexity index is 469. The van der Waals surface area contributed by atoms with E-state index in [9.17, 15) is 4.21 Å². The minimum Gasteiger partial charge on any atom is -0.254 e. The third-order valence-corrected chi connectivity index (χ3v) is 3.95. The van der Waals surface area contributed by atoms with E-state index in [-0.39, 0.29) is 0 Å². The van der Waals surface area contributed by atoms with Gasteiger partial charge in [0, 0.05) is 4.91 Å². The van der Waals surface area contributed by atoms with Crippen molar-refractivity contribution < 1.29 is 4.21 Å². The fourth-order valence-electron chi connectivity index (χ4n) is 1.61. The van der Waals surface area contributed by atoms with E-state index in [4.69, 9.17) is 0 Å². The first-order valence-corrected chi connectivity index (χ1v) is 6.56. The number of hydrogen-bond acceptors (Lipinski definition) is 1. The third kappa shape index (κ3) is 2.58. The second-order valence-electron chi connectivity index (χ2n) is 3.72. The average Bonchev–Trinajstić information content (AvgIpc) is 2.83. The van der Waals surface area contributed by atoms with Crippen molar-refractivity contribution in [2.45, 2.75) is 12.2 Å². The van der Waals surface area contributed by atoms with Crippen LogP contribution in [0.3, 0.4) is 0 Å². The highest BCUT2D eigenvalue weighted by Gasteiger charge is 2.11. The molecule has 1 nitrogen and oxygen atoms in total. The van der Waals surface area contributed by atoms with Gasteiger partial charge >= 0.3 is 0 Å². The molecule has 0 aromatic heterocycles. The lowest BCUT2D eigenvalue weighted by atomic mass is 10.2. The fraction of sp³-hybridized carbons (Fsp3) is 0.143. The summed E-state index contributed by atoms with van der Waals surface area (Å²) in [7, 11) is -1.01. The van der Waals surface area contributed by atoms with E-state index < -0.39 is 10.8 Å². The van der Waals surface area contributed by atoms with Crippen LogP contribution >= 0.6 is 0 Å². The quantitative estimate of drug-likeness (QED) is 0.775. The minimum absolute atomic E-state index is 0.553. The first-order valence-electron chi connectivity index (χ1n) is 5.24. The maximum Gasteiger partial charge on any atom is 0.0571 e. The van der Waals surface area contributed by atoms with Gasteiger partial charge in [-0.25, -0.2) is 0 Å². The van der Waals surface area contributed by atoms with E-state index >= 15 is 0 Å². The van der Waals surface area contributed by atoms with Crippen molar-refractivity contribution >= 4 is 10.8 Å². The fourth-order valence-corrected chi connectivity index (χ4v) is 2.73. The Morgan fingerprint density at radius 3 is 2.69 bits per heavy atom. The molecule has 0 aliphatic heterocycles. The summed E-state index contributed by atoms with van der Waals surface area (Å²) in [4.78, 5) is 0.758. The van der Waals surface area contributed by atoms with Gasteiger partial charge in [0.05, 0.1) is 16.6 Å². The van der Waals surface area contributed by atoms with Crippen molar-refractivity contribution in [3.05, 3.63) is 71.2 Å². The number of allylic oxidation sites excluding steroid dienone is 4. The van der Waals surface area contributed by atoms with Crippen LogP contribution in [0.15, 0.2) is 65.6 Å². The largest absolute Gasteiger partial charge is 0.254 e. The topological polar surface area (TPSA) is 17.1 Å². The predicted molar refractivity (Wildman–Crippen MR) is 69.3 cm³/mol. The van der Waals surface area contributed by atoms with Crippen molar-refractivity contribution in [3.63, 3.8) is 0 Å². The molecule has 1 aliphatic carbocycles. The maximum atomic E-state index is 12.0. The smallest absolute Gasteiger partial charge is 0.0571 e. The van der Waals surface area contributed by atoms with Crippen LogP contribution < -0.4 is 0 Å². The zero-order chi connectivity index (χ0) is 11.4. The van der Waals surface area contributed by atoms with Gasteiger partial charge in [0.2, 0.25) is 0 Å². The zero-order valence-electron chi connectivity index (χ0n) is 9.06. The van der Waals surface area contributed by atoms with E-state index in [0.717, 1.165) is 22.5 Å². The molecule has 0 N–H and O–H groups in total. The van der Waals surface area contributed by atoms with Crippen LogP contribution in [-0.2, 0) is 16.6 Å². The van der Waals surface area contributed by atoms with E-state index in [1.165, 1.54) is 0 Å². The van der Waals surface area contributed by atoms with Crippen LogP contribution in [0.2, 0.25) is 0 Å². The van der Waals surface area contributed by atoms with Gasteiger partial charge in [0.1, 0.15) is 0 Å². The summed E-state index contributed by atoms with van der Waals surface area (Å²) in [5.41, 5.74) is 2.18. The molecule has 0 saturated heterocycles. The molecule has 0 saturated carbocycles. The zero-order valence-corrected chi connectivity index (χ0v) is 9.87. The van der Waals surface area contributed by atoms with Crippen molar-refractivity contribution in [3.8, 4) is 0 Å². The number of hydrogen-bond donors (Lipinski definition) is 0. The molecule has 1 atom stereocenters. The van der Waals surface area contributed by atoms with E-state index in [0.29, 0.717) is 5.75 Å². The summed E-state index contributed by atoms with van der Waals surface area (Å²) >= 11 is 0. The van der Waals surface area contributed by atoms with Gasteiger partial charge < -0.3 is 0 Å². The molecule has 0 heterocycles. The molecular formula is C14H14OS. The van der Waals surface area contributed by atoms with Gasteiger partial charge in [0.15, 0.2) is 0 Å². The summed E-state index contributed by atoms with van der Waals surface area (Å²) < 4.78 is 12.0. The number of benzene rings is 1. The Morgan fingerprint density at radius 2 is 2.06 bits per heavy atom. The highest BCUT2D eigenvalue weighted by molar-refractivity contribution is 7.88. The molecule has 0 bridgehead atoms. The minimum atomic E-state index is -1.01. The van der Waals surface area contributed by atoms with Gasteiger partial charge in [-0.2, -0.15) is 0 Å². The van der Waals surface area contributed by atoms with Gasteiger partial charge in [-0.05, 0) is 17.6 Å². The SMILES string of the molecule is C=C(C1=CC=CC1)[S@@](=O)Cc1ccccc1. The van der Waals surface area contributed by atoms with E-state index in [1.54, 1.807) is 0 Å². The van der Waals surface area contributed by atoms with Gasteiger partial charge in [0.25, 0.3) is 0 Å². The van der Waals surface area contributed by atoms with E-state index in [2.05, 4.69) is 12.7 Å². The lowest BCUT2D eigenvalue weighted by molar-refractivity contribution is 0.686. The van der Waals surface area contributed by atoms with Crippen LogP contribution in [0.1, 0.15) is 12.0 Å². The molecule has 0 radical (unpaired) electrons. The normalized spacial score (nSPS) is 15.9. The second kappa shape index (κ2) is 5.08. The molecule has 1 aliphatic rings. The lowest BCUT2D eigenvalue weighted by Crippen LogP contribution is -2.00. The lowest BCUT2D eigenvalue weighted by Gasteiger charge is -2.06. The maximum absolute atomic E-state index is 12.0. The van der Waals surface area contributed by atoms with Gasteiger partial charge in [-0.3, -0.25) is 4.21 Å². The van der Waals surface area contributed by atoms with Crippen LogP contribution in [0.25, 0.3) is 0 Å². The molecule has 1 aromatic rings. The molecule has 0 spiro atoms. The molecular weight excluding hydrogens is 216 g/mol. The van der Waals surface area contributed by atoms with Crippen molar-refractivity contribution in [2.75, 3.05) is 0 Å². The standard InChI is InChI=1S/C14H14OS/c1-12(14-9-5-6-10-14)16(15)11-13-7-3-2-4-8-13/h2-9H,1,10-11H2/t16-/m0/s1. The molecule has 82 valence electrons. The monoisotopic (exact) mass is 230 g/mol. The molecule has 0 unspecified atom stereocenters. The Morgan fingerprint density at radius 1 is 1.31 bits per heavy atom. The predicted octanol–water partition coefficient (Wildman–Crippen LogP) is 3.34. The summed E-state index contributed by atoms with van der Waals surface area (Å²) in [5.74, 6) is 0.553. The molecule has 1 aromatic carbocycles. The molecule has 0 fully saturated rings. The first kappa shape index (κ1) is 11.1. The highest BCUT2D eigenvalue weighted by Crippen LogP contribution is 2.22. The van der Waals surface area contributed by atoms with Crippen molar-refractivity contribution in [1.82, 2.24) is 0 Å². The van der Waals surface area contributed by atoms with Crippen LogP contribution in [0.5, 0.6) is 0 Å². The van der Waals surface area contributed by atoms with Gasteiger partial charge in [-0.15, -0.1) is 0 Å². The van der Waals surface area contributed by atoms with Crippen LogP contribution in [0, 0.1) is 0 Å². The Hall–Kier alpha value is -1.41. The molecule has 16 heavy (non-hydrogen) atoms. The van der Waals surface area contributed by atoms with E-state index in [1.807, 2.05) is 42.5 Å². The number of rotatable bonds is 4.